The smallest absolute Gasteiger partial charge is 0.119 e. The lowest BCUT2D eigenvalue weighted by Crippen LogP contribution is -2.15. The Bertz CT molecular complexity index is 3730. The third kappa shape index (κ3) is 13.2. The van der Waals surface area contributed by atoms with Gasteiger partial charge in [-0.25, -0.2) is 0 Å². The molecule has 0 N–H and O–H groups in total. The summed E-state index contributed by atoms with van der Waals surface area (Å²) in [7, 11) is 0. The highest BCUT2D eigenvalue weighted by atomic mass is 32.1. The van der Waals surface area contributed by atoms with Crippen LogP contribution in [0, 0.1) is 0 Å². The SMILES string of the molecule is CCCCCCCCOc1ccc(/C(=C(\c2ccccc2)c2ccc(-c3c4c(c(-c5ccc(C(c6ccccc6)C(c6ccccc6)c6ccc(OCCCCCCCC)cc6)cc5)c5nsnc35)N=S=N4)cc2)c2ccccc2)cc1. The van der Waals surface area contributed by atoms with Crippen molar-refractivity contribution >= 4 is 56.6 Å². The zero-order chi connectivity index (χ0) is 55.7. The van der Waals surface area contributed by atoms with Crippen molar-refractivity contribution in [2.45, 2.75) is 103 Å². The van der Waals surface area contributed by atoms with Gasteiger partial charge in [0.25, 0.3) is 0 Å². The minimum absolute atomic E-state index is 0.0144. The molecule has 9 aromatic carbocycles. The molecule has 2 atom stereocenters. The third-order valence-electron chi connectivity index (χ3n) is 15.9. The topological polar surface area (TPSA) is 69.0 Å². The average Bonchev–Trinajstić information content (AvgIpc) is 3.84. The van der Waals surface area contributed by atoms with Crippen molar-refractivity contribution < 1.29 is 9.47 Å². The summed E-state index contributed by atoms with van der Waals surface area (Å²) in [6, 6.07) is 78.8. The number of rotatable bonds is 27. The van der Waals surface area contributed by atoms with E-state index < -0.39 is 0 Å². The molecule has 0 bridgehead atoms. The number of benzene rings is 9. The highest BCUT2D eigenvalue weighted by Gasteiger charge is 2.30. The zero-order valence-electron chi connectivity index (χ0n) is 47.3. The number of fused-ring (bicyclic) bond motifs is 2. The summed E-state index contributed by atoms with van der Waals surface area (Å²) in [5, 5.41) is 0. The second-order valence-corrected chi connectivity index (χ2v) is 22.5. The minimum Gasteiger partial charge on any atom is -0.494 e. The summed E-state index contributed by atoms with van der Waals surface area (Å²) in [5.41, 5.74) is 19.0. The van der Waals surface area contributed by atoms with Crippen molar-refractivity contribution in [1.29, 1.82) is 0 Å². The van der Waals surface area contributed by atoms with Crippen LogP contribution in [-0.2, 0) is 11.4 Å². The summed E-state index contributed by atoms with van der Waals surface area (Å²) in [6.07, 6.45) is 14.9. The Kier molecular flexibility index (Phi) is 19.1. The number of hydrogen-bond acceptors (Lipinski definition) is 7. The van der Waals surface area contributed by atoms with E-state index in [4.69, 9.17) is 26.9 Å². The molecule has 0 fully saturated rings. The maximum atomic E-state index is 6.28. The van der Waals surface area contributed by atoms with Gasteiger partial charge < -0.3 is 9.47 Å². The molecule has 82 heavy (non-hydrogen) atoms. The van der Waals surface area contributed by atoms with Crippen molar-refractivity contribution in [3.63, 3.8) is 0 Å². The molecule has 0 amide bonds. The first-order valence-electron chi connectivity index (χ1n) is 29.7. The number of nitrogens with zero attached hydrogens (tertiary/aromatic N) is 4. The molecule has 0 saturated heterocycles. The van der Waals surface area contributed by atoms with E-state index in [-0.39, 0.29) is 11.8 Å². The van der Waals surface area contributed by atoms with Crippen LogP contribution in [0.15, 0.2) is 227 Å². The predicted octanol–water partition coefficient (Wildman–Crippen LogP) is 21.2. The van der Waals surface area contributed by atoms with E-state index in [0.717, 1.165) is 116 Å². The van der Waals surface area contributed by atoms with E-state index in [2.05, 4.69) is 232 Å². The van der Waals surface area contributed by atoms with E-state index in [9.17, 15) is 0 Å². The van der Waals surface area contributed by atoms with Crippen molar-refractivity contribution in [2.75, 3.05) is 13.2 Å². The van der Waals surface area contributed by atoms with Crippen molar-refractivity contribution in [3.8, 4) is 33.8 Å². The molecule has 2 heterocycles. The Morgan fingerprint density at radius 3 is 1.11 bits per heavy atom. The molecule has 0 saturated carbocycles. The normalized spacial score (nSPS) is 12.9. The molecule has 6 nitrogen and oxygen atoms in total. The lowest BCUT2D eigenvalue weighted by Gasteiger charge is -2.30. The van der Waals surface area contributed by atoms with Gasteiger partial charge in [0.1, 0.15) is 33.9 Å². The van der Waals surface area contributed by atoms with Gasteiger partial charge in [0.2, 0.25) is 0 Å². The van der Waals surface area contributed by atoms with E-state index in [1.807, 2.05) is 0 Å². The van der Waals surface area contributed by atoms with Crippen LogP contribution in [0.2, 0.25) is 0 Å². The molecule has 10 aromatic rings. The summed E-state index contributed by atoms with van der Waals surface area (Å²) in [4.78, 5) is 0. The Hall–Kier alpha value is -8.04. The van der Waals surface area contributed by atoms with Crippen LogP contribution in [0.25, 0.3) is 44.4 Å². The van der Waals surface area contributed by atoms with Gasteiger partial charge in [-0.1, -0.05) is 272 Å². The molecule has 2 unspecified atom stereocenters. The fourth-order valence-corrected chi connectivity index (χ4v) is 12.8. The number of aromatic nitrogens is 2. The first-order valence-corrected chi connectivity index (χ1v) is 31.2. The van der Waals surface area contributed by atoms with Crippen LogP contribution < -0.4 is 9.47 Å². The molecule has 8 heteroatoms. The standard InChI is InChI=1S/C74H72N4O2S2/c1-3-5-7-9-11-25-51-79-63-47-43-59(44-48-63)67(55-31-21-15-22-32-55)65(53-27-17-13-18-28-53)57-35-39-61(40-36-57)69-71-73(77-81-75-71)70(74-72(69)76-82-78-74)62-41-37-58(38-42-62)66(54-29-19-14-20-30-54)68(56-33-23-16-24-34-56)60-45-49-64(50-46-60)80-52-26-12-10-8-6-4-2/h13-24,27-50,65,67H,3-12,25-26,51-52H2,1-2H3/b68-66+. The van der Waals surface area contributed by atoms with Crippen LogP contribution in [0.3, 0.4) is 0 Å². The minimum atomic E-state index is 0.0144. The highest BCUT2D eigenvalue weighted by Crippen LogP contribution is 2.53. The summed E-state index contributed by atoms with van der Waals surface area (Å²) in [6.45, 7) is 6.00. The monoisotopic (exact) mass is 1110 g/mol. The van der Waals surface area contributed by atoms with Gasteiger partial charge >= 0.3 is 0 Å². The molecular formula is C74H72N4O2S2. The van der Waals surface area contributed by atoms with Crippen LogP contribution in [0.4, 0.5) is 11.4 Å². The number of hydrogen-bond donors (Lipinski definition) is 0. The van der Waals surface area contributed by atoms with E-state index in [1.54, 1.807) is 0 Å². The molecule has 0 aliphatic carbocycles. The first-order chi connectivity index (χ1) is 40.7. The Morgan fingerprint density at radius 2 is 0.683 bits per heavy atom. The lowest BCUT2D eigenvalue weighted by molar-refractivity contribution is 0.304. The molecule has 0 spiro atoms. The first kappa shape index (κ1) is 55.8. The predicted molar refractivity (Wildman–Crippen MR) is 345 cm³/mol. The lowest BCUT2D eigenvalue weighted by atomic mass is 9.73. The van der Waals surface area contributed by atoms with Crippen molar-refractivity contribution in [3.05, 3.63) is 263 Å². The van der Waals surface area contributed by atoms with Gasteiger partial charge in [-0.15, -0.1) is 0 Å². The van der Waals surface area contributed by atoms with Gasteiger partial charge in [-0.2, -0.15) is 17.5 Å². The van der Waals surface area contributed by atoms with Gasteiger partial charge in [-0.05, 0) is 104 Å². The fraction of sp³-hybridized carbons (Fsp3) is 0.243. The van der Waals surface area contributed by atoms with E-state index in [0.29, 0.717) is 0 Å². The molecule has 412 valence electrons. The van der Waals surface area contributed by atoms with Gasteiger partial charge in [-0.3, -0.25) is 0 Å². The average molecular weight is 1110 g/mol. The molecule has 1 aliphatic heterocycles. The fourth-order valence-electron chi connectivity index (χ4n) is 11.7. The Balaban J connectivity index is 0.916. The Morgan fingerprint density at radius 1 is 0.354 bits per heavy atom. The maximum Gasteiger partial charge on any atom is 0.119 e. The molecular weight excluding hydrogens is 1040 g/mol. The van der Waals surface area contributed by atoms with Crippen LogP contribution in [0.1, 0.15) is 147 Å². The van der Waals surface area contributed by atoms with Gasteiger partial charge in [0.15, 0.2) is 0 Å². The highest BCUT2D eigenvalue weighted by molar-refractivity contribution is 7.58. The molecule has 1 aromatic heterocycles. The van der Waals surface area contributed by atoms with Crippen LogP contribution in [0.5, 0.6) is 11.5 Å². The molecule has 11 rings (SSSR count). The third-order valence-corrected chi connectivity index (χ3v) is 16.9. The summed E-state index contributed by atoms with van der Waals surface area (Å²) in [5.74, 6) is 1.87. The second-order valence-electron chi connectivity index (χ2n) is 21.5. The zero-order valence-corrected chi connectivity index (χ0v) is 48.9. The van der Waals surface area contributed by atoms with Crippen molar-refractivity contribution in [1.82, 2.24) is 8.75 Å². The largest absolute Gasteiger partial charge is 0.494 e. The number of ether oxygens (including phenoxy) is 2. The number of unbranched alkanes of at least 4 members (excludes halogenated alkanes) is 10. The Labute approximate surface area is 493 Å². The van der Waals surface area contributed by atoms with Crippen LogP contribution in [-0.4, -0.2) is 22.0 Å². The molecule has 0 radical (unpaired) electrons. The van der Waals surface area contributed by atoms with E-state index in [1.165, 1.54) is 110 Å². The second kappa shape index (κ2) is 28.1. The molecule has 1 aliphatic rings. The summed E-state index contributed by atoms with van der Waals surface area (Å²) >= 11 is 2.47. The summed E-state index contributed by atoms with van der Waals surface area (Å²) < 4.78 is 32.6. The van der Waals surface area contributed by atoms with E-state index >= 15 is 0 Å². The quantitative estimate of drug-likeness (QED) is 0.0380. The van der Waals surface area contributed by atoms with Crippen molar-refractivity contribution in [2.24, 2.45) is 8.73 Å². The van der Waals surface area contributed by atoms with Gasteiger partial charge in [0.05, 0.1) is 36.3 Å². The maximum absolute atomic E-state index is 6.28. The van der Waals surface area contributed by atoms with Gasteiger partial charge in [0, 0.05) is 23.0 Å². The van der Waals surface area contributed by atoms with Crippen LogP contribution >= 0.6 is 11.7 Å².